The maximum absolute atomic E-state index is 6.06. The van der Waals surface area contributed by atoms with Gasteiger partial charge in [-0.15, -0.1) is 0 Å². The summed E-state index contributed by atoms with van der Waals surface area (Å²) >= 11 is 5.87. The molecule has 3 nitrogen and oxygen atoms in total. The first-order valence-electron chi connectivity index (χ1n) is 6.10. The van der Waals surface area contributed by atoms with Gasteiger partial charge >= 0.3 is 0 Å². The molecule has 0 amide bonds. The van der Waals surface area contributed by atoms with Crippen molar-refractivity contribution >= 4 is 11.6 Å². The van der Waals surface area contributed by atoms with E-state index in [1.165, 1.54) is 0 Å². The van der Waals surface area contributed by atoms with Crippen LogP contribution in [-0.4, -0.2) is 10.5 Å². The number of hydrogen-bond donors (Lipinski definition) is 1. The quantitative estimate of drug-likeness (QED) is 0.903. The summed E-state index contributed by atoms with van der Waals surface area (Å²) in [6.07, 6.45) is 4.84. The van der Waals surface area contributed by atoms with Crippen LogP contribution in [0, 0.1) is 0 Å². The number of benzene rings is 1. The third-order valence-electron chi connectivity index (χ3n) is 4.16. The van der Waals surface area contributed by atoms with Crippen LogP contribution in [0.3, 0.4) is 0 Å². The summed E-state index contributed by atoms with van der Waals surface area (Å²) in [5.74, 6) is 1.65. The number of hydrogen-bond acceptors (Lipinski definition) is 3. The Kier molecular flexibility index (Phi) is 1.86. The molecule has 1 aromatic heterocycles. The number of oxazole rings is 1. The average Bonchev–Trinajstić information content (AvgIpc) is 2.74. The van der Waals surface area contributed by atoms with Crippen LogP contribution in [0.2, 0.25) is 5.02 Å². The summed E-state index contributed by atoms with van der Waals surface area (Å²) in [5, 5.41) is 0.725. The molecule has 0 spiro atoms. The summed E-state index contributed by atoms with van der Waals surface area (Å²) in [6, 6.07) is 7.60. The summed E-state index contributed by atoms with van der Waals surface area (Å²) < 4.78 is 5.89. The molecule has 0 atom stereocenters. The van der Waals surface area contributed by atoms with E-state index in [1.807, 2.05) is 24.3 Å². The van der Waals surface area contributed by atoms with E-state index in [2.05, 4.69) is 4.98 Å². The molecule has 0 saturated heterocycles. The Morgan fingerprint density at radius 1 is 1.17 bits per heavy atom. The Morgan fingerprint density at radius 2 is 1.83 bits per heavy atom. The molecular weight excluding hydrogens is 248 g/mol. The smallest absolute Gasteiger partial charge is 0.201 e. The average molecular weight is 261 g/mol. The minimum absolute atomic E-state index is 0.0783. The fourth-order valence-corrected chi connectivity index (χ4v) is 3.49. The topological polar surface area (TPSA) is 52.0 Å². The Morgan fingerprint density at radius 3 is 2.44 bits per heavy atom. The normalized spacial score (nSPS) is 32.8. The van der Waals surface area contributed by atoms with Gasteiger partial charge in [0.25, 0.3) is 0 Å². The largest absolute Gasteiger partial charge is 0.440 e. The Hall–Kier alpha value is -1.32. The first kappa shape index (κ1) is 10.6. The van der Waals surface area contributed by atoms with Crippen LogP contribution in [0.5, 0.6) is 0 Å². The van der Waals surface area contributed by atoms with Crippen molar-refractivity contribution in [3.63, 3.8) is 0 Å². The first-order chi connectivity index (χ1) is 8.59. The molecule has 4 heteroatoms. The highest BCUT2D eigenvalue weighted by Crippen LogP contribution is 2.66. The fourth-order valence-electron chi connectivity index (χ4n) is 3.36. The summed E-state index contributed by atoms with van der Waals surface area (Å²) in [5.41, 5.74) is 7.28. The van der Waals surface area contributed by atoms with Crippen LogP contribution < -0.4 is 5.73 Å². The zero-order valence-corrected chi connectivity index (χ0v) is 10.6. The second-order valence-electron chi connectivity index (χ2n) is 5.71. The van der Waals surface area contributed by atoms with E-state index in [4.69, 9.17) is 21.8 Å². The fraction of sp³-hybridized carbons (Fsp3) is 0.357. The summed E-state index contributed by atoms with van der Waals surface area (Å²) in [6.45, 7) is 0. The van der Waals surface area contributed by atoms with Crippen LogP contribution in [-0.2, 0) is 5.41 Å². The second kappa shape index (κ2) is 3.16. The minimum Gasteiger partial charge on any atom is -0.440 e. The predicted octanol–water partition coefficient (Wildman–Crippen LogP) is 3.13. The van der Waals surface area contributed by atoms with E-state index < -0.39 is 0 Å². The number of nitrogens with zero attached hydrogens (tertiary/aromatic N) is 1. The van der Waals surface area contributed by atoms with Gasteiger partial charge in [-0.1, -0.05) is 11.6 Å². The molecule has 2 aromatic rings. The van der Waals surface area contributed by atoms with Gasteiger partial charge in [-0.25, -0.2) is 4.98 Å². The van der Waals surface area contributed by atoms with E-state index in [0.717, 1.165) is 41.5 Å². The molecule has 0 radical (unpaired) electrons. The molecule has 3 saturated carbocycles. The van der Waals surface area contributed by atoms with Crippen LogP contribution in [0.4, 0.5) is 0 Å². The van der Waals surface area contributed by atoms with Crippen molar-refractivity contribution in [2.45, 2.75) is 30.2 Å². The zero-order chi connectivity index (χ0) is 12.4. The van der Waals surface area contributed by atoms with E-state index in [9.17, 15) is 0 Å². The van der Waals surface area contributed by atoms with Gasteiger partial charge in [0.15, 0.2) is 5.76 Å². The highest BCUT2D eigenvalue weighted by molar-refractivity contribution is 6.30. The predicted molar refractivity (Wildman–Crippen MR) is 69.4 cm³/mol. The van der Waals surface area contributed by atoms with Crippen molar-refractivity contribution in [2.75, 3.05) is 0 Å². The molecule has 2 bridgehead atoms. The third-order valence-corrected chi connectivity index (χ3v) is 4.41. The van der Waals surface area contributed by atoms with Gasteiger partial charge in [0.2, 0.25) is 5.89 Å². The highest BCUT2D eigenvalue weighted by Gasteiger charge is 2.69. The maximum Gasteiger partial charge on any atom is 0.201 e. The lowest BCUT2D eigenvalue weighted by molar-refractivity contribution is -0.0762. The van der Waals surface area contributed by atoms with Crippen LogP contribution in [0.1, 0.15) is 25.2 Å². The molecule has 1 aromatic carbocycles. The monoisotopic (exact) mass is 260 g/mol. The third kappa shape index (κ3) is 1.32. The first-order valence-corrected chi connectivity index (χ1v) is 6.48. The van der Waals surface area contributed by atoms with Gasteiger partial charge in [0.1, 0.15) is 0 Å². The second-order valence-corrected chi connectivity index (χ2v) is 6.15. The molecule has 1 heterocycles. The van der Waals surface area contributed by atoms with Crippen molar-refractivity contribution < 1.29 is 4.42 Å². The van der Waals surface area contributed by atoms with Gasteiger partial charge in [-0.05, 0) is 43.5 Å². The number of nitrogens with two attached hydrogens (primary N) is 1. The summed E-state index contributed by atoms with van der Waals surface area (Å²) in [4.78, 5) is 4.42. The Bertz CT molecular complexity index is 597. The lowest BCUT2D eigenvalue weighted by Crippen LogP contribution is -2.74. The van der Waals surface area contributed by atoms with Crippen molar-refractivity contribution in [3.8, 4) is 11.3 Å². The van der Waals surface area contributed by atoms with Gasteiger partial charge in [-0.3, -0.25) is 0 Å². The minimum atomic E-state index is 0.0783. The van der Waals surface area contributed by atoms with E-state index in [-0.39, 0.29) is 11.0 Å². The molecular formula is C14H13ClN2O. The number of halogens is 1. The zero-order valence-electron chi connectivity index (χ0n) is 9.82. The van der Waals surface area contributed by atoms with Gasteiger partial charge in [-0.2, -0.15) is 0 Å². The lowest BCUT2D eigenvalue weighted by Gasteiger charge is -2.67. The van der Waals surface area contributed by atoms with E-state index >= 15 is 0 Å². The molecule has 18 heavy (non-hydrogen) atoms. The van der Waals surface area contributed by atoms with Crippen molar-refractivity contribution in [3.05, 3.63) is 41.4 Å². The van der Waals surface area contributed by atoms with E-state index in [1.54, 1.807) is 6.20 Å². The Balaban J connectivity index is 1.65. The maximum atomic E-state index is 6.06. The molecule has 0 aliphatic heterocycles. The molecule has 3 fully saturated rings. The summed E-state index contributed by atoms with van der Waals surface area (Å²) in [7, 11) is 0. The van der Waals surface area contributed by atoms with E-state index in [0.29, 0.717) is 0 Å². The highest BCUT2D eigenvalue weighted by atomic mass is 35.5. The van der Waals surface area contributed by atoms with Gasteiger partial charge in [0.05, 0.1) is 11.6 Å². The number of rotatable bonds is 2. The molecule has 92 valence electrons. The molecule has 0 unspecified atom stereocenters. The molecule has 5 rings (SSSR count). The van der Waals surface area contributed by atoms with Gasteiger partial charge < -0.3 is 10.2 Å². The van der Waals surface area contributed by atoms with Gasteiger partial charge in [0, 0.05) is 16.1 Å². The van der Waals surface area contributed by atoms with Crippen LogP contribution in [0.25, 0.3) is 11.3 Å². The van der Waals surface area contributed by atoms with Crippen molar-refractivity contribution in [1.82, 2.24) is 4.98 Å². The molecule has 3 aliphatic carbocycles. The number of aromatic nitrogens is 1. The van der Waals surface area contributed by atoms with Crippen LogP contribution >= 0.6 is 11.6 Å². The molecule has 2 N–H and O–H groups in total. The van der Waals surface area contributed by atoms with Crippen molar-refractivity contribution in [1.29, 1.82) is 0 Å². The molecule has 3 aliphatic rings. The standard InChI is InChI=1S/C14H13ClN2O/c15-10-3-1-9(2-4-10)11-5-17-12(18-11)13-6-14(16,7-13)8-13/h1-5H,6-8,16H2. The SMILES string of the molecule is NC12CC(c3ncc(-c4ccc(Cl)cc4)o3)(C1)C2. The van der Waals surface area contributed by atoms with Crippen LogP contribution in [0.15, 0.2) is 34.9 Å². The Labute approximate surface area is 110 Å². The van der Waals surface area contributed by atoms with Crippen molar-refractivity contribution in [2.24, 2.45) is 5.73 Å². The lowest BCUT2D eigenvalue weighted by atomic mass is 9.40.